The number of hydrogen-bond donors (Lipinski definition) is 1. The van der Waals surface area contributed by atoms with Crippen molar-refractivity contribution in [2.75, 3.05) is 5.32 Å². The van der Waals surface area contributed by atoms with Crippen LogP contribution in [-0.2, 0) is 0 Å². The van der Waals surface area contributed by atoms with Gasteiger partial charge >= 0.3 is 0 Å². The lowest BCUT2D eigenvalue weighted by Crippen LogP contribution is -2.13. The molecule has 0 saturated heterocycles. The highest BCUT2D eigenvalue weighted by molar-refractivity contribution is 9.10. The molecular weight excluding hydrogens is 335 g/mol. The highest BCUT2D eigenvalue weighted by Crippen LogP contribution is 2.25. The summed E-state index contributed by atoms with van der Waals surface area (Å²) < 4.78 is 13.9. The average Bonchev–Trinajstić information content (AvgIpc) is 2.50. The molecule has 0 spiro atoms. The number of benzene rings is 2. The Morgan fingerprint density at radius 2 is 2.00 bits per heavy atom. The minimum atomic E-state index is -0.409. The minimum Gasteiger partial charge on any atom is -0.321 e. The molecule has 0 radical (unpaired) electrons. The SMILES string of the molecule is O=C(Nc1cc(F)ccc1Br)c1cccc2ncccc12. The van der Waals surface area contributed by atoms with Gasteiger partial charge in [-0.15, -0.1) is 0 Å². The van der Waals surface area contributed by atoms with Crippen LogP contribution in [0.25, 0.3) is 10.9 Å². The first-order chi connectivity index (χ1) is 10.1. The topological polar surface area (TPSA) is 42.0 Å². The van der Waals surface area contributed by atoms with Gasteiger partial charge in [-0.1, -0.05) is 12.1 Å². The number of anilines is 1. The van der Waals surface area contributed by atoms with E-state index in [4.69, 9.17) is 0 Å². The van der Waals surface area contributed by atoms with Gasteiger partial charge in [0.25, 0.3) is 5.91 Å². The van der Waals surface area contributed by atoms with Crippen LogP contribution in [0.4, 0.5) is 10.1 Å². The molecule has 3 nitrogen and oxygen atoms in total. The average molecular weight is 345 g/mol. The fourth-order valence-electron chi connectivity index (χ4n) is 2.08. The van der Waals surface area contributed by atoms with Gasteiger partial charge in [-0.05, 0) is 52.3 Å². The van der Waals surface area contributed by atoms with Crippen molar-refractivity contribution in [2.24, 2.45) is 0 Å². The summed E-state index contributed by atoms with van der Waals surface area (Å²) in [5.74, 6) is -0.715. The van der Waals surface area contributed by atoms with Gasteiger partial charge in [0.2, 0.25) is 0 Å². The summed E-state index contributed by atoms with van der Waals surface area (Å²) in [5, 5.41) is 3.46. The molecule has 1 heterocycles. The Labute approximate surface area is 128 Å². The Bertz CT molecular complexity index is 830. The molecule has 0 saturated carbocycles. The van der Waals surface area contributed by atoms with E-state index in [0.717, 1.165) is 10.9 Å². The quantitative estimate of drug-likeness (QED) is 0.749. The van der Waals surface area contributed by atoms with E-state index in [9.17, 15) is 9.18 Å². The lowest BCUT2D eigenvalue weighted by atomic mass is 10.1. The first-order valence-corrected chi connectivity index (χ1v) is 7.04. The van der Waals surface area contributed by atoms with Crippen molar-refractivity contribution < 1.29 is 9.18 Å². The third-order valence-corrected chi connectivity index (χ3v) is 3.76. The predicted molar refractivity (Wildman–Crippen MR) is 83.8 cm³/mol. The molecule has 0 aliphatic heterocycles. The fourth-order valence-corrected chi connectivity index (χ4v) is 2.43. The largest absolute Gasteiger partial charge is 0.321 e. The maximum Gasteiger partial charge on any atom is 0.256 e. The van der Waals surface area contributed by atoms with E-state index in [1.807, 2.05) is 12.1 Å². The standard InChI is InChI=1S/C16H10BrFN2O/c17-13-7-6-10(18)9-15(13)20-16(21)12-3-1-5-14-11(12)4-2-8-19-14/h1-9H,(H,20,21). The van der Waals surface area contributed by atoms with Crippen LogP contribution in [0.1, 0.15) is 10.4 Å². The number of nitrogens with zero attached hydrogens (tertiary/aromatic N) is 1. The monoisotopic (exact) mass is 344 g/mol. The van der Waals surface area contributed by atoms with E-state index >= 15 is 0 Å². The zero-order chi connectivity index (χ0) is 14.8. The van der Waals surface area contributed by atoms with Gasteiger partial charge in [-0.2, -0.15) is 0 Å². The van der Waals surface area contributed by atoms with E-state index in [2.05, 4.69) is 26.2 Å². The summed E-state index contributed by atoms with van der Waals surface area (Å²) in [5.41, 5.74) is 1.63. The second kappa shape index (κ2) is 5.61. The molecule has 1 N–H and O–H groups in total. The highest BCUT2D eigenvalue weighted by atomic mass is 79.9. The summed E-state index contributed by atoms with van der Waals surface area (Å²) >= 11 is 3.29. The van der Waals surface area contributed by atoms with Gasteiger partial charge in [-0.25, -0.2) is 4.39 Å². The Morgan fingerprint density at radius 1 is 1.14 bits per heavy atom. The second-order valence-electron chi connectivity index (χ2n) is 4.45. The van der Waals surface area contributed by atoms with Gasteiger partial charge in [0.1, 0.15) is 5.82 Å². The molecule has 0 aliphatic carbocycles. The number of rotatable bonds is 2. The van der Waals surface area contributed by atoms with Crippen molar-refractivity contribution in [3.05, 3.63) is 70.6 Å². The Morgan fingerprint density at radius 3 is 2.86 bits per heavy atom. The first-order valence-electron chi connectivity index (χ1n) is 6.25. The van der Waals surface area contributed by atoms with Crippen molar-refractivity contribution in [1.82, 2.24) is 4.98 Å². The number of pyridine rings is 1. The van der Waals surface area contributed by atoms with Crippen LogP contribution in [-0.4, -0.2) is 10.9 Å². The second-order valence-corrected chi connectivity index (χ2v) is 5.31. The summed E-state index contributed by atoms with van der Waals surface area (Å²) in [6, 6.07) is 13.1. The highest BCUT2D eigenvalue weighted by Gasteiger charge is 2.12. The number of halogens is 2. The van der Waals surface area contributed by atoms with E-state index in [1.165, 1.54) is 12.1 Å². The molecule has 3 rings (SSSR count). The van der Waals surface area contributed by atoms with Gasteiger partial charge in [0.05, 0.1) is 11.2 Å². The molecule has 5 heteroatoms. The minimum absolute atomic E-state index is 0.306. The normalized spacial score (nSPS) is 10.6. The Kier molecular flexibility index (Phi) is 3.66. The number of amides is 1. The third kappa shape index (κ3) is 2.78. The molecule has 0 unspecified atom stereocenters. The van der Waals surface area contributed by atoms with Crippen molar-refractivity contribution >= 4 is 38.4 Å². The number of carbonyl (C=O) groups excluding carboxylic acids is 1. The summed E-state index contributed by atoms with van der Waals surface area (Å²) in [7, 11) is 0. The lowest BCUT2D eigenvalue weighted by molar-refractivity contribution is 0.102. The van der Waals surface area contributed by atoms with Crippen LogP contribution in [0.3, 0.4) is 0 Å². The van der Waals surface area contributed by atoms with Crippen LogP contribution in [0.2, 0.25) is 0 Å². The van der Waals surface area contributed by atoms with E-state index in [0.29, 0.717) is 15.7 Å². The first kappa shape index (κ1) is 13.7. The number of nitrogens with one attached hydrogen (secondary N) is 1. The van der Waals surface area contributed by atoms with E-state index < -0.39 is 5.82 Å². The molecular formula is C16H10BrFN2O. The molecule has 0 bridgehead atoms. The predicted octanol–water partition coefficient (Wildman–Crippen LogP) is 4.39. The fraction of sp³-hybridized carbons (Fsp3) is 0. The number of aromatic nitrogens is 1. The van der Waals surface area contributed by atoms with Crippen LogP contribution >= 0.6 is 15.9 Å². The van der Waals surface area contributed by atoms with Crippen molar-refractivity contribution in [1.29, 1.82) is 0 Å². The molecule has 0 fully saturated rings. The molecule has 21 heavy (non-hydrogen) atoms. The van der Waals surface area contributed by atoms with Gasteiger partial charge < -0.3 is 5.32 Å². The van der Waals surface area contributed by atoms with Crippen LogP contribution < -0.4 is 5.32 Å². The number of hydrogen-bond acceptors (Lipinski definition) is 2. The van der Waals surface area contributed by atoms with Crippen molar-refractivity contribution in [3.8, 4) is 0 Å². The van der Waals surface area contributed by atoms with E-state index in [1.54, 1.807) is 30.5 Å². The summed E-state index contributed by atoms with van der Waals surface area (Å²) in [6.45, 7) is 0. The number of fused-ring (bicyclic) bond motifs is 1. The van der Waals surface area contributed by atoms with Gasteiger partial charge in [0, 0.05) is 21.6 Å². The molecule has 0 atom stereocenters. The molecule has 3 aromatic rings. The molecule has 104 valence electrons. The molecule has 2 aromatic carbocycles. The van der Waals surface area contributed by atoms with Crippen LogP contribution in [0, 0.1) is 5.82 Å². The lowest BCUT2D eigenvalue weighted by Gasteiger charge is -2.09. The van der Waals surface area contributed by atoms with Crippen LogP contribution in [0.5, 0.6) is 0 Å². The number of carbonyl (C=O) groups is 1. The molecule has 1 aromatic heterocycles. The van der Waals surface area contributed by atoms with Gasteiger partial charge in [0.15, 0.2) is 0 Å². The maximum absolute atomic E-state index is 13.3. The Balaban J connectivity index is 1.99. The summed E-state index contributed by atoms with van der Waals surface area (Å²) in [4.78, 5) is 16.6. The molecule has 0 aliphatic rings. The maximum atomic E-state index is 13.3. The molecule has 1 amide bonds. The third-order valence-electron chi connectivity index (χ3n) is 3.07. The summed E-state index contributed by atoms with van der Waals surface area (Å²) in [6.07, 6.45) is 1.67. The van der Waals surface area contributed by atoms with Crippen molar-refractivity contribution in [3.63, 3.8) is 0 Å². The Hall–Kier alpha value is -2.27. The van der Waals surface area contributed by atoms with Crippen LogP contribution in [0.15, 0.2) is 59.2 Å². The smallest absolute Gasteiger partial charge is 0.256 e. The van der Waals surface area contributed by atoms with Crippen molar-refractivity contribution in [2.45, 2.75) is 0 Å². The zero-order valence-corrected chi connectivity index (χ0v) is 12.4. The van der Waals surface area contributed by atoms with E-state index in [-0.39, 0.29) is 5.91 Å². The van der Waals surface area contributed by atoms with Gasteiger partial charge in [-0.3, -0.25) is 9.78 Å². The zero-order valence-electron chi connectivity index (χ0n) is 10.8.